The molecule has 0 aliphatic rings. The van der Waals surface area contributed by atoms with E-state index in [1.807, 2.05) is 30.3 Å². The Hall–Kier alpha value is -3.03. The fourth-order valence-corrected chi connectivity index (χ4v) is 5.22. The molecule has 1 atom stereocenters. The smallest absolute Gasteiger partial charge is 0.263 e. The summed E-state index contributed by atoms with van der Waals surface area (Å²) in [6.07, 6.45) is 0.714. The van der Waals surface area contributed by atoms with Crippen LogP contribution in [0, 0.1) is 12.8 Å². The third-order valence-corrected chi connectivity index (χ3v) is 7.25. The standard InChI is InChI=1S/C26H29ClN2O4S/c1-17(2)15-24(19-9-12-21(33-4)13-10-19)28-26(30)20-11-14-22(27)25(16-20)34(31,32)29-23-8-6-5-7-18(23)3/h5-14,16-17,24,29H,15H2,1-4H3,(H,28,30)/t24-/m0/s1. The van der Waals surface area contributed by atoms with E-state index in [2.05, 4.69) is 23.9 Å². The maximum absolute atomic E-state index is 13.1. The summed E-state index contributed by atoms with van der Waals surface area (Å²) in [5.74, 6) is 0.671. The fourth-order valence-electron chi connectivity index (χ4n) is 3.57. The number of ether oxygens (including phenoxy) is 1. The zero-order valence-corrected chi connectivity index (χ0v) is 21.2. The van der Waals surface area contributed by atoms with Crippen molar-refractivity contribution in [1.82, 2.24) is 5.32 Å². The molecule has 2 N–H and O–H groups in total. The molecule has 0 saturated heterocycles. The van der Waals surface area contributed by atoms with Crippen LogP contribution in [0.2, 0.25) is 5.02 Å². The van der Waals surface area contributed by atoms with Gasteiger partial charge in [0.15, 0.2) is 0 Å². The van der Waals surface area contributed by atoms with Crippen molar-refractivity contribution in [3.63, 3.8) is 0 Å². The average molecular weight is 501 g/mol. The lowest BCUT2D eigenvalue weighted by Gasteiger charge is -2.22. The van der Waals surface area contributed by atoms with E-state index in [-0.39, 0.29) is 27.4 Å². The monoisotopic (exact) mass is 500 g/mol. The van der Waals surface area contributed by atoms with Crippen molar-refractivity contribution in [1.29, 1.82) is 0 Å². The number of rotatable bonds is 9. The lowest BCUT2D eigenvalue weighted by atomic mass is 9.96. The molecule has 0 radical (unpaired) electrons. The first-order chi connectivity index (χ1) is 16.1. The molecule has 0 aliphatic carbocycles. The van der Waals surface area contributed by atoms with Crippen LogP contribution in [0.1, 0.15) is 47.8 Å². The Balaban J connectivity index is 1.88. The lowest BCUT2D eigenvalue weighted by Crippen LogP contribution is -2.29. The number of anilines is 1. The molecular formula is C26H29ClN2O4S. The van der Waals surface area contributed by atoms with Gasteiger partial charge in [-0.2, -0.15) is 0 Å². The highest BCUT2D eigenvalue weighted by molar-refractivity contribution is 7.92. The number of para-hydroxylation sites is 1. The van der Waals surface area contributed by atoms with Crippen LogP contribution < -0.4 is 14.8 Å². The zero-order chi connectivity index (χ0) is 24.9. The van der Waals surface area contributed by atoms with Gasteiger partial charge >= 0.3 is 0 Å². The normalized spacial score (nSPS) is 12.3. The summed E-state index contributed by atoms with van der Waals surface area (Å²) in [5, 5.41) is 3.07. The molecule has 0 fully saturated rings. The molecule has 0 bridgehead atoms. The first-order valence-electron chi connectivity index (χ1n) is 10.9. The van der Waals surface area contributed by atoms with Crippen LogP contribution in [-0.2, 0) is 10.0 Å². The molecule has 0 aliphatic heterocycles. The second kappa shape index (κ2) is 10.9. The molecule has 180 valence electrons. The largest absolute Gasteiger partial charge is 0.497 e. The minimum absolute atomic E-state index is 0.0338. The molecule has 0 saturated carbocycles. The molecule has 3 rings (SSSR count). The van der Waals surface area contributed by atoms with E-state index in [4.69, 9.17) is 16.3 Å². The van der Waals surface area contributed by atoms with Crippen LogP contribution in [0.3, 0.4) is 0 Å². The van der Waals surface area contributed by atoms with Crippen LogP contribution in [-0.4, -0.2) is 21.4 Å². The second-order valence-corrected chi connectivity index (χ2v) is 10.6. The minimum atomic E-state index is -4.01. The summed E-state index contributed by atoms with van der Waals surface area (Å²) < 4.78 is 33.9. The van der Waals surface area contributed by atoms with E-state index in [1.54, 1.807) is 32.2 Å². The van der Waals surface area contributed by atoms with E-state index in [9.17, 15) is 13.2 Å². The van der Waals surface area contributed by atoms with Crippen molar-refractivity contribution >= 4 is 33.2 Å². The topological polar surface area (TPSA) is 84.5 Å². The summed E-state index contributed by atoms with van der Waals surface area (Å²) in [7, 11) is -2.41. The molecule has 3 aromatic rings. The van der Waals surface area contributed by atoms with Crippen molar-refractivity contribution in [2.24, 2.45) is 5.92 Å². The Morgan fingerprint density at radius 1 is 1.03 bits per heavy atom. The summed E-state index contributed by atoms with van der Waals surface area (Å²) in [6, 6.07) is 18.5. The third kappa shape index (κ3) is 6.30. The van der Waals surface area contributed by atoms with Gasteiger partial charge in [0.25, 0.3) is 15.9 Å². The van der Waals surface area contributed by atoms with Crippen molar-refractivity contribution < 1.29 is 17.9 Å². The average Bonchev–Trinajstić information content (AvgIpc) is 2.80. The molecule has 1 amide bonds. The molecular weight excluding hydrogens is 472 g/mol. The van der Waals surface area contributed by atoms with Crippen molar-refractivity contribution in [2.45, 2.75) is 38.1 Å². The molecule has 0 aromatic heterocycles. The lowest BCUT2D eigenvalue weighted by molar-refractivity contribution is 0.0931. The molecule has 0 unspecified atom stereocenters. The Morgan fingerprint density at radius 3 is 2.32 bits per heavy atom. The van der Waals surface area contributed by atoms with Gasteiger partial charge in [-0.1, -0.05) is 55.8 Å². The van der Waals surface area contributed by atoms with E-state index in [0.29, 0.717) is 18.0 Å². The quantitative estimate of drug-likeness (QED) is 0.378. The third-order valence-electron chi connectivity index (χ3n) is 5.40. The fraction of sp³-hybridized carbons (Fsp3) is 0.269. The van der Waals surface area contributed by atoms with Gasteiger partial charge in [-0.25, -0.2) is 8.42 Å². The number of hydrogen-bond acceptors (Lipinski definition) is 4. The predicted molar refractivity (Wildman–Crippen MR) is 136 cm³/mol. The number of methoxy groups -OCH3 is 1. The second-order valence-electron chi connectivity index (χ2n) is 8.49. The summed E-state index contributed by atoms with van der Waals surface area (Å²) >= 11 is 6.23. The van der Waals surface area contributed by atoms with Crippen LogP contribution in [0.4, 0.5) is 5.69 Å². The van der Waals surface area contributed by atoms with Gasteiger partial charge < -0.3 is 10.1 Å². The SMILES string of the molecule is COc1ccc([C@H](CC(C)C)NC(=O)c2ccc(Cl)c(S(=O)(=O)Nc3ccccc3C)c2)cc1. The maximum atomic E-state index is 13.1. The number of benzene rings is 3. The van der Waals surface area contributed by atoms with Crippen LogP contribution in [0.15, 0.2) is 71.6 Å². The van der Waals surface area contributed by atoms with Gasteiger partial charge in [-0.15, -0.1) is 0 Å². The minimum Gasteiger partial charge on any atom is -0.497 e. The van der Waals surface area contributed by atoms with Gasteiger partial charge in [0.1, 0.15) is 10.6 Å². The first kappa shape index (κ1) is 25.6. The van der Waals surface area contributed by atoms with E-state index < -0.39 is 10.0 Å². The first-order valence-corrected chi connectivity index (χ1v) is 12.8. The number of amides is 1. The number of carbonyl (C=O) groups is 1. The summed E-state index contributed by atoms with van der Waals surface area (Å²) in [4.78, 5) is 13.0. The number of carbonyl (C=O) groups excluding carboxylic acids is 1. The van der Waals surface area contributed by atoms with Gasteiger partial charge in [0.05, 0.1) is 23.9 Å². The number of sulfonamides is 1. The van der Waals surface area contributed by atoms with Gasteiger partial charge in [0, 0.05) is 5.56 Å². The Bertz CT molecular complexity index is 1260. The highest BCUT2D eigenvalue weighted by atomic mass is 35.5. The van der Waals surface area contributed by atoms with Gasteiger partial charge in [-0.3, -0.25) is 9.52 Å². The number of aryl methyl sites for hydroxylation is 1. The van der Waals surface area contributed by atoms with Crippen molar-refractivity contribution in [3.8, 4) is 5.75 Å². The molecule has 34 heavy (non-hydrogen) atoms. The van der Waals surface area contributed by atoms with Crippen molar-refractivity contribution in [2.75, 3.05) is 11.8 Å². The predicted octanol–water partition coefficient (Wildman–Crippen LogP) is 5.98. The maximum Gasteiger partial charge on any atom is 0.263 e. The number of nitrogens with one attached hydrogen (secondary N) is 2. The summed E-state index contributed by atoms with van der Waals surface area (Å²) in [5.41, 5.74) is 2.36. The van der Waals surface area contributed by atoms with Crippen LogP contribution in [0.5, 0.6) is 5.75 Å². The molecule has 0 heterocycles. The van der Waals surface area contributed by atoms with E-state index in [1.165, 1.54) is 18.2 Å². The van der Waals surface area contributed by atoms with E-state index in [0.717, 1.165) is 16.9 Å². The van der Waals surface area contributed by atoms with Crippen LogP contribution >= 0.6 is 11.6 Å². The number of hydrogen-bond donors (Lipinski definition) is 2. The Kier molecular flexibility index (Phi) is 8.23. The number of halogens is 1. The van der Waals surface area contributed by atoms with E-state index >= 15 is 0 Å². The van der Waals surface area contributed by atoms with Gasteiger partial charge in [-0.05, 0) is 66.8 Å². The summed E-state index contributed by atoms with van der Waals surface area (Å²) in [6.45, 7) is 5.96. The molecule has 0 spiro atoms. The Morgan fingerprint density at radius 2 is 1.71 bits per heavy atom. The van der Waals surface area contributed by atoms with Crippen molar-refractivity contribution in [3.05, 3.63) is 88.4 Å². The zero-order valence-electron chi connectivity index (χ0n) is 19.6. The molecule has 3 aromatic carbocycles. The van der Waals surface area contributed by atoms with Gasteiger partial charge in [0.2, 0.25) is 0 Å². The highest BCUT2D eigenvalue weighted by Gasteiger charge is 2.23. The highest BCUT2D eigenvalue weighted by Crippen LogP contribution is 2.28. The molecule has 6 nitrogen and oxygen atoms in total. The van der Waals surface area contributed by atoms with Crippen LogP contribution in [0.25, 0.3) is 0 Å². The Labute approximate surface area is 206 Å². The molecule has 8 heteroatoms.